The molecule has 0 fully saturated rings. The number of aromatic nitrogens is 7. The summed E-state index contributed by atoms with van der Waals surface area (Å²) in [7, 11) is 0. The molecule has 14 aliphatic rings. The standard InChI is InChI=1S/C37H19N7O4S4/c45-34-10-1-6-17(50-34)25-20(10)14-9-15-24-16-5-2-11(35(46)49-16)21(24)28(39-15)40-32-26-18-7-4-13(37(48)51-18)23(26)30(43-32)44-33-27-19-8-3-12(36(47)52-19)22(27)29(42-33)41-31(25)38-14/h1-13,16-19H,(H2,38,39,40,41,42,43,44). The van der Waals surface area contributed by atoms with Crippen LogP contribution < -0.4 is 0 Å². The third-order valence-corrected chi connectivity index (χ3v) is 15.9. The van der Waals surface area contributed by atoms with Crippen molar-refractivity contribution >= 4 is 112 Å². The van der Waals surface area contributed by atoms with Gasteiger partial charge < -0.3 is 9.97 Å². The van der Waals surface area contributed by atoms with E-state index < -0.39 is 23.7 Å². The lowest BCUT2D eigenvalue weighted by Crippen LogP contribution is -2.26. The van der Waals surface area contributed by atoms with Gasteiger partial charge in [0.15, 0.2) is 17.5 Å². The quantitative estimate of drug-likeness (QED) is 0.261. The van der Waals surface area contributed by atoms with E-state index in [1.54, 1.807) is 0 Å². The largest absolute Gasteiger partial charge is 0.340 e. The summed E-state index contributed by atoms with van der Waals surface area (Å²) < 4.78 is 0. The van der Waals surface area contributed by atoms with E-state index in [0.29, 0.717) is 40.1 Å². The first-order valence-corrected chi connectivity index (χ1v) is 20.4. The van der Waals surface area contributed by atoms with Crippen LogP contribution in [0.1, 0.15) is 67.8 Å². The number of hydrogen-bond acceptors (Lipinski definition) is 13. The highest BCUT2D eigenvalue weighted by atomic mass is 32.2. The van der Waals surface area contributed by atoms with Crippen molar-refractivity contribution in [3.05, 3.63) is 100 Å². The molecule has 10 aliphatic heterocycles. The maximum atomic E-state index is 13.3. The second-order valence-corrected chi connectivity index (χ2v) is 18.5. The molecule has 0 saturated heterocycles. The second-order valence-electron chi connectivity index (χ2n) is 14.0. The highest BCUT2D eigenvalue weighted by molar-refractivity contribution is 8.15. The van der Waals surface area contributed by atoms with Gasteiger partial charge in [-0.15, -0.1) is 0 Å². The molecule has 52 heavy (non-hydrogen) atoms. The molecule has 15 heteroatoms. The lowest BCUT2D eigenvalue weighted by atomic mass is 9.86. The normalized spacial score (nSPS) is 32.0. The first kappa shape index (κ1) is 28.9. The van der Waals surface area contributed by atoms with Crippen LogP contribution in [0.5, 0.6) is 0 Å². The number of nitrogens with one attached hydrogen (secondary N) is 2. The van der Waals surface area contributed by atoms with Crippen molar-refractivity contribution in [3.63, 3.8) is 0 Å². The fourth-order valence-electron chi connectivity index (χ4n) is 9.20. The molecule has 2 N–H and O–H groups in total. The fourth-order valence-corrected chi connectivity index (χ4v) is 13.7. The number of fused-ring (bicyclic) bond motifs is 12. The molecule has 4 aliphatic carbocycles. The molecule has 0 aromatic carbocycles. The van der Waals surface area contributed by atoms with Crippen LogP contribution >= 0.6 is 47.0 Å². The molecule has 0 saturated carbocycles. The van der Waals surface area contributed by atoms with Crippen molar-refractivity contribution in [2.24, 2.45) is 11.8 Å². The third kappa shape index (κ3) is 3.53. The molecule has 13 heterocycles. The van der Waals surface area contributed by atoms with Crippen molar-refractivity contribution in [2.75, 3.05) is 0 Å². The Morgan fingerprint density at radius 3 is 1.54 bits per heavy atom. The molecule has 11 nitrogen and oxygen atoms in total. The highest BCUT2D eigenvalue weighted by Crippen LogP contribution is 2.56. The molecule has 0 radical (unpaired) electrons. The minimum absolute atomic E-state index is 0.0395. The number of aromatic amines is 2. The van der Waals surface area contributed by atoms with E-state index in [1.807, 2.05) is 42.5 Å². The number of nitrogens with zero attached hydrogens (tertiary/aromatic N) is 5. The van der Waals surface area contributed by atoms with E-state index in [1.165, 1.54) is 47.0 Å². The predicted molar refractivity (Wildman–Crippen MR) is 200 cm³/mol. The Bertz CT molecular complexity index is 2620. The number of thioether (sulfide) groups is 4. The van der Waals surface area contributed by atoms with Crippen LogP contribution in [-0.4, -0.2) is 65.8 Å². The number of allylic oxidation sites excluding steroid dienone is 6. The maximum Gasteiger partial charge on any atom is 0.201 e. The van der Waals surface area contributed by atoms with E-state index in [-0.39, 0.29) is 41.5 Å². The van der Waals surface area contributed by atoms with E-state index in [2.05, 4.69) is 22.1 Å². The average Bonchev–Trinajstić information content (AvgIpc) is 3.90. The minimum Gasteiger partial charge on any atom is -0.340 e. The van der Waals surface area contributed by atoms with Gasteiger partial charge in [0.2, 0.25) is 20.5 Å². The average molecular weight is 754 g/mol. The minimum atomic E-state index is -0.520. The van der Waals surface area contributed by atoms with Gasteiger partial charge in [0.1, 0.15) is 16.9 Å². The summed E-state index contributed by atoms with van der Waals surface area (Å²) in [6, 6.07) is 1.97. The zero-order valence-corrected chi connectivity index (χ0v) is 29.6. The number of hydrogen-bond donors (Lipinski definition) is 2. The van der Waals surface area contributed by atoms with E-state index in [9.17, 15) is 19.2 Å². The van der Waals surface area contributed by atoms with E-state index in [4.69, 9.17) is 24.9 Å². The van der Waals surface area contributed by atoms with Crippen molar-refractivity contribution in [2.45, 2.75) is 32.8 Å². The molecule has 250 valence electrons. The Kier molecular flexibility index (Phi) is 5.40. The van der Waals surface area contributed by atoms with Gasteiger partial charge in [0.05, 0.1) is 50.4 Å². The van der Waals surface area contributed by atoms with Crippen molar-refractivity contribution < 1.29 is 19.2 Å². The summed E-state index contributed by atoms with van der Waals surface area (Å²) in [5, 5.41) is -0.799. The topological polar surface area (TPSA) is 164 Å². The summed E-state index contributed by atoms with van der Waals surface area (Å²) >= 11 is 5.12. The lowest BCUT2D eigenvalue weighted by molar-refractivity contribution is -0.112. The molecular weight excluding hydrogens is 735 g/mol. The molecule has 3 aromatic heterocycles. The SMILES string of the molecule is O=C1SC2C=CC1C1=C2c2cc3[nH]c(nc4nc(nc5[nH]c(nc1n2)c1c5C2C=CC1SC2=O)C1=C4C2C=CC1SC2=O)c1c3C2C=CC1SC2=O. The Balaban J connectivity index is 1.20. The molecule has 16 bridgehead atoms. The molecule has 0 amide bonds. The summed E-state index contributed by atoms with van der Waals surface area (Å²) in [5.41, 5.74) is 9.71. The smallest absolute Gasteiger partial charge is 0.201 e. The molecule has 0 spiro atoms. The van der Waals surface area contributed by atoms with Gasteiger partial charge in [-0.2, -0.15) is 0 Å². The summed E-state index contributed by atoms with van der Waals surface area (Å²) in [6.07, 6.45) is 16.0. The first-order chi connectivity index (χ1) is 25.4. The van der Waals surface area contributed by atoms with Crippen LogP contribution in [0.3, 0.4) is 0 Å². The van der Waals surface area contributed by atoms with Gasteiger partial charge in [-0.1, -0.05) is 95.7 Å². The number of H-pyrrole nitrogens is 2. The highest BCUT2D eigenvalue weighted by Gasteiger charge is 2.47. The molecule has 8 unspecified atom stereocenters. The third-order valence-electron chi connectivity index (χ3n) is 11.4. The maximum absolute atomic E-state index is 13.3. The number of carbonyl (C=O) groups is 4. The van der Waals surface area contributed by atoms with Crippen molar-refractivity contribution in [1.29, 1.82) is 0 Å². The summed E-state index contributed by atoms with van der Waals surface area (Å²) in [6.45, 7) is 0. The van der Waals surface area contributed by atoms with Gasteiger partial charge in [-0.25, -0.2) is 24.9 Å². The molecule has 8 atom stereocenters. The monoisotopic (exact) mass is 753 g/mol. The Labute approximate surface area is 309 Å². The lowest BCUT2D eigenvalue weighted by Gasteiger charge is -2.30. The molecular formula is C37H19N7O4S4. The van der Waals surface area contributed by atoms with Crippen LogP contribution in [0.4, 0.5) is 0 Å². The van der Waals surface area contributed by atoms with Crippen LogP contribution in [0.15, 0.2) is 54.7 Å². The molecule has 17 rings (SSSR count). The Morgan fingerprint density at radius 1 is 0.423 bits per heavy atom. The fraction of sp³-hybridized carbons (Fsp3) is 0.216. The van der Waals surface area contributed by atoms with E-state index >= 15 is 0 Å². The van der Waals surface area contributed by atoms with Crippen molar-refractivity contribution in [3.8, 4) is 0 Å². The zero-order valence-electron chi connectivity index (χ0n) is 26.3. The van der Waals surface area contributed by atoms with Crippen LogP contribution in [0, 0.1) is 11.8 Å². The number of rotatable bonds is 0. The van der Waals surface area contributed by atoms with Gasteiger partial charge in [0.25, 0.3) is 0 Å². The van der Waals surface area contributed by atoms with Crippen LogP contribution in [0.2, 0.25) is 0 Å². The first-order valence-electron chi connectivity index (χ1n) is 16.9. The second kappa shape index (κ2) is 9.69. The zero-order chi connectivity index (χ0) is 34.3. The Morgan fingerprint density at radius 2 is 0.885 bits per heavy atom. The predicted octanol–water partition coefficient (Wildman–Crippen LogP) is 5.91. The van der Waals surface area contributed by atoms with Gasteiger partial charge in [-0.3, -0.25) is 19.2 Å². The molecule has 3 aromatic rings. The summed E-state index contributed by atoms with van der Waals surface area (Å²) in [5.74, 6) is -0.693. The van der Waals surface area contributed by atoms with E-state index in [0.717, 1.165) is 50.1 Å². The summed E-state index contributed by atoms with van der Waals surface area (Å²) in [4.78, 5) is 86.1. The van der Waals surface area contributed by atoms with Crippen molar-refractivity contribution in [1.82, 2.24) is 34.9 Å². The number of carbonyl (C=O) groups excluding carboxylic acids is 4. The van der Waals surface area contributed by atoms with Crippen LogP contribution in [0.25, 0.3) is 44.8 Å². The van der Waals surface area contributed by atoms with Gasteiger partial charge >= 0.3 is 0 Å². The van der Waals surface area contributed by atoms with Gasteiger partial charge in [0, 0.05) is 44.5 Å². The van der Waals surface area contributed by atoms with Crippen LogP contribution in [-0.2, 0) is 19.2 Å². The van der Waals surface area contributed by atoms with Gasteiger partial charge in [-0.05, 0) is 11.6 Å². The Hall–Kier alpha value is -4.57.